The Morgan fingerprint density at radius 3 is 1.60 bits per heavy atom. The van der Waals surface area contributed by atoms with Gasteiger partial charge in [-0.05, 0) is 54.6 Å². The molecule has 3 aromatic rings. The number of nitrogens with one attached hydrogen (secondary N) is 2. The van der Waals surface area contributed by atoms with E-state index in [4.69, 9.17) is 34.8 Å². The van der Waals surface area contributed by atoms with E-state index in [0.717, 1.165) is 11.4 Å². The van der Waals surface area contributed by atoms with Crippen molar-refractivity contribution >= 4 is 57.8 Å². The Labute approximate surface area is 161 Å². The minimum Gasteiger partial charge on any atom is -0.326 e. The minimum absolute atomic E-state index is 0.520. The number of rotatable bonds is 3. The summed E-state index contributed by atoms with van der Waals surface area (Å²) in [7, 11) is 0. The Morgan fingerprint density at radius 1 is 0.640 bits per heavy atom. The highest BCUT2D eigenvalue weighted by Crippen LogP contribution is 2.21. The summed E-state index contributed by atoms with van der Waals surface area (Å²) < 4.78 is 0. The molecule has 6 heteroatoms. The van der Waals surface area contributed by atoms with E-state index in [1.165, 1.54) is 0 Å². The molecule has 0 atom stereocenters. The van der Waals surface area contributed by atoms with Crippen LogP contribution in [0.2, 0.25) is 15.1 Å². The summed E-state index contributed by atoms with van der Waals surface area (Å²) in [5.74, 6) is 0.520. The van der Waals surface area contributed by atoms with Crippen molar-refractivity contribution in [1.29, 1.82) is 0 Å². The van der Waals surface area contributed by atoms with Gasteiger partial charge >= 0.3 is 0 Å². The zero-order chi connectivity index (χ0) is 17.6. The normalized spacial score (nSPS) is 10.2. The van der Waals surface area contributed by atoms with Crippen LogP contribution >= 0.6 is 34.8 Å². The highest BCUT2D eigenvalue weighted by Gasteiger charge is 2.04. The SMILES string of the molecule is Clc1cccc(N=C(Nc2cccc(Cl)c2)Nc2cccc(Cl)c2)c1. The van der Waals surface area contributed by atoms with E-state index in [1.807, 2.05) is 60.7 Å². The average Bonchev–Trinajstić information content (AvgIpc) is 2.55. The van der Waals surface area contributed by atoms with Crippen LogP contribution in [0.5, 0.6) is 0 Å². The van der Waals surface area contributed by atoms with Crippen molar-refractivity contribution in [3.63, 3.8) is 0 Å². The molecule has 126 valence electrons. The Balaban J connectivity index is 1.92. The van der Waals surface area contributed by atoms with Gasteiger partial charge in [-0.3, -0.25) is 0 Å². The fourth-order valence-corrected chi connectivity index (χ4v) is 2.73. The number of hydrogen-bond acceptors (Lipinski definition) is 1. The Morgan fingerprint density at radius 2 is 1.12 bits per heavy atom. The lowest BCUT2D eigenvalue weighted by Crippen LogP contribution is -2.21. The second kappa shape index (κ2) is 8.26. The summed E-state index contributed by atoms with van der Waals surface area (Å²) in [6, 6.07) is 22.1. The molecule has 0 unspecified atom stereocenters. The van der Waals surface area contributed by atoms with Crippen molar-refractivity contribution in [3.8, 4) is 0 Å². The molecule has 0 radical (unpaired) electrons. The topological polar surface area (TPSA) is 36.4 Å². The van der Waals surface area contributed by atoms with E-state index in [-0.39, 0.29) is 0 Å². The van der Waals surface area contributed by atoms with Crippen molar-refractivity contribution < 1.29 is 0 Å². The lowest BCUT2D eigenvalue weighted by Gasteiger charge is -2.13. The van der Waals surface area contributed by atoms with Crippen LogP contribution in [0.15, 0.2) is 77.8 Å². The molecule has 0 fully saturated rings. The molecule has 2 N–H and O–H groups in total. The van der Waals surface area contributed by atoms with Crippen LogP contribution in [0.4, 0.5) is 17.1 Å². The third-order valence-corrected chi connectivity index (χ3v) is 3.93. The minimum atomic E-state index is 0.520. The van der Waals surface area contributed by atoms with E-state index in [9.17, 15) is 0 Å². The molecule has 0 aromatic heterocycles. The average molecular weight is 391 g/mol. The van der Waals surface area contributed by atoms with Gasteiger partial charge < -0.3 is 10.6 Å². The van der Waals surface area contributed by atoms with Crippen molar-refractivity contribution in [1.82, 2.24) is 0 Å². The first-order chi connectivity index (χ1) is 12.1. The first-order valence-electron chi connectivity index (χ1n) is 7.48. The summed E-state index contributed by atoms with van der Waals surface area (Å²) in [5.41, 5.74) is 2.33. The summed E-state index contributed by atoms with van der Waals surface area (Å²) in [6.45, 7) is 0. The highest BCUT2D eigenvalue weighted by atomic mass is 35.5. The predicted octanol–water partition coefficient (Wildman–Crippen LogP) is 6.86. The van der Waals surface area contributed by atoms with Crippen molar-refractivity contribution in [2.45, 2.75) is 0 Å². The summed E-state index contributed by atoms with van der Waals surface area (Å²) in [4.78, 5) is 4.59. The molecular weight excluding hydrogens is 377 g/mol. The van der Waals surface area contributed by atoms with Crippen molar-refractivity contribution in [2.24, 2.45) is 4.99 Å². The van der Waals surface area contributed by atoms with Gasteiger partial charge in [-0.15, -0.1) is 0 Å². The number of benzene rings is 3. The van der Waals surface area contributed by atoms with E-state index in [2.05, 4.69) is 15.6 Å². The van der Waals surface area contributed by atoms with Crippen LogP contribution in [0, 0.1) is 0 Å². The summed E-state index contributed by atoms with van der Waals surface area (Å²) >= 11 is 18.2. The van der Waals surface area contributed by atoms with Gasteiger partial charge in [0.2, 0.25) is 5.96 Å². The first kappa shape index (κ1) is 17.6. The number of guanidine groups is 1. The van der Waals surface area contributed by atoms with Crippen LogP contribution < -0.4 is 10.6 Å². The fraction of sp³-hybridized carbons (Fsp3) is 0. The van der Waals surface area contributed by atoms with Gasteiger partial charge in [-0.1, -0.05) is 53.0 Å². The maximum absolute atomic E-state index is 6.06. The van der Waals surface area contributed by atoms with Crippen molar-refractivity contribution in [3.05, 3.63) is 87.9 Å². The smallest absolute Gasteiger partial charge is 0.205 e. The van der Waals surface area contributed by atoms with Gasteiger partial charge in [0.25, 0.3) is 0 Å². The second-order valence-electron chi connectivity index (χ2n) is 5.21. The number of anilines is 2. The van der Waals surface area contributed by atoms with E-state index in [0.29, 0.717) is 26.7 Å². The Kier molecular flexibility index (Phi) is 5.82. The van der Waals surface area contributed by atoms with E-state index >= 15 is 0 Å². The molecular formula is C19H14Cl3N3. The van der Waals surface area contributed by atoms with Crippen LogP contribution in [-0.4, -0.2) is 5.96 Å². The standard InChI is InChI=1S/C19H14Cl3N3/c20-13-4-1-7-16(10-13)23-19(24-17-8-2-5-14(21)11-17)25-18-9-3-6-15(22)12-18/h1-12H,(H2,23,24,25). The molecule has 0 spiro atoms. The molecule has 3 nitrogen and oxygen atoms in total. The molecule has 0 heterocycles. The predicted molar refractivity (Wildman–Crippen MR) is 109 cm³/mol. The molecule has 0 saturated heterocycles. The number of aliphatic imine (C=N–C) groups is 1. The van der Waals surface area contributed by atoms with Gasteiger partial charge in [0.05, 0.1) is 5.69 Å². The van der Waals surface area contributed by atoms with E-state index in [1.54, 1.807) is 12.1 Å². The second-order valence-corrected chi connectivity index (χ2v) is 6.52. The third-order valence-electron chi connectivity index (χ3n) is 3.22. The van der Waals surface area contributed by atoms with Gasteiger partial charge in [0.15, 0.2) is 0 Å². The molecule has 0 aliphatic rings. The lowest BCUT2D eigenvalue weighted by atomic mass is 10.3. The van der Waals surface area contributed by atoms with Crippen LogP contribution in [-0.2, 0) is 0 Å². The molecule has 0 aliphatic carbocycles. The Bertz CT molecular complexity index is 860. The monoisotopic (exact) mass is 389 g/mol. The zero-order valence-electron chi connectivity index (χ0n) is 13.0. The highest BCUT2D eigenvalue weighted by molar-refractivity contribution is 6.31. The lowest BCUT2D eigenvalue weighted by molar-refractivity contribution is 1.45. The van der Waals surface area contributed by atoms with Gasteiger partial charge in [-0.2, -0.15) is 0 Å². The van der Waals surface area contributed by atoms with Gasteiger partial charge in [0.1, 0.15) is 0 Å². The van der Waals surface area contributed by atoms with E-state index < -0.39 is 0 Å². The molecule has 3 aromatic carbocycles. The molecule has 3 rings (SSSR count). The maximum atomic E-state index is 6.06. The first-order valence-corrected chi connectivity index (χ1v) is 8.61. The number of halogens is 3. The van der Waals surface area contributed by atoms with Crippen LogP contribution in [0.1, 0.15) is 0 Å². The quantitative estimate of drug-likeness (QED) is 0.378. The molecule has 0 amide bonds. The maximum Gasteiger partial charge on any atom is 0.205 e. The molecule has 25 heavy (non-hydrogen) atoms. The molecule has 0 bridgehead atoms. The summed E-state index contributed by atoms with van der Waals surface area (Å²) in [6.07, 6.45) is 0. The molecule has 0 saturated carbocycles. The zero-order valence-corrected chi connectivity index (χ0v) is 15.3. The summed E-state index contributed by atoms with van der Waals surface area (Å²) in [5, 5.41) is 8.33. The number of hydrogen-bond donors (Lipinski definition) is 2. The van der Waals surface area contributed by atoms with Gasteiger partial charge in [0, 0.05) is 26.4 Å². The molecule has 0 aliphatic heterocycles. The largest absolute Gasteiger partial charge is 0.326 e. The Hall–Kier alpha value is -2.20. The van der Waals surface area contributed by atoms with Crippen molar-refractivity contribution in [2.75, 3.05) is 10.6 Å². The third kappa shape index (κ3) is 5.40. The van der Waals surface area contributed by atoms with Gasteiger partial charge in [-0.25, -0.2) is 4.99 Å². The fourth-order valence-electron chi connectivity index (χ4n) is 2.17. The number of nitrogens with zero attached hydrogens (tertiary/aromatic N) is 1. The van der Waals surface area contributed by atoms with Crippen LogP contribution in [0.25, 0.3) is 0 Å². The van der Waals surface area contributed by atoms with Crippen LogP contribution in [0.3, 0.4) is 0 Å².